The summed E-state index contributed by atoms with van der Waals surface area (Å²) in [6.45, 7) is 1.66. The van der Waals surface area contributed by atoms with Gasteiger partial charge in [-0.05, 0) is 120 Å². The zero-order chi connectivity index (χ0) is 50.7. The van der Waals surface area contributed by atoms with Gasteiger partial charge in [0.2, 0.25) is 17.5 Å². The first kappa shape index (κ1) is 32.4. The molecule has 2 saturated heterocycles. The molecule has 1 N–H and O–H groups in total. The number of benzene rings is 2. The van der Waals surface area contributed by atoms with Crippen LogP contribution in [0.3, 0.4) is 0 Å². The normalized spacial score (nSPS) is 22.0. The molecule has 6 heterocycles. The van der Waals surface area contributed by atoms with Gasteiger partial charge in [0.25, 0.3) is 5.69 Å². The number of rotatable bonds is 7. The number of halogens is 4. The number of hydrogen-bond donors (Lipinski definition) is 1. The number of nitro groups is 1. The van der Waals surface area contributed by atoms with Crippen LogP contribution in [0, 0.1) is 27.7 Å². The lowest BCUT2D eigenvalue weighted by Gasteiger charge is -2.22. The Morgan fingerprint density at radius 3 is 1.73 bits per heavy atom. The van der Waals surface area contributed by atoms with Gasteiger partial charge in [-0.3, -0.25) is 9.05 Å². The van der Waals surface area contributed by atoms with Gasteiger partial charge < -0.3 is 15.4 Å². The van der Waals surface area contributed by atoms with Gasteiger partial charge in [0, 0.05) is 17.0 Å². The van der Waals surface area contributed by atoms with Crippen LogP contribution in [0.1, 0.15) is 43.6 Å². The minimum Gasteiger partial charge on any atom is -0.362 e. The highest BCUT2D eigenvalue weighted by molar-refractivity contribution is 9.10. The van der Waals surface area contributed by atoms with Crippen molar-refractivity contribution in [1.29, 1.82) is 0 Å². The molecule has 59 heavy (non-hydrogen) atoms. The summed E-state index contributed by atoms with van der Waals surface area (Å²) in [6.07, 6.45) is -1.70. The number of nitrogens with zero attached hydrogens (tertiary/aromatic N) is 9. The van der Waals surface area contributed by atoms with Gasteiger partial charge in [-0.25, -0.2) is 49.0 Å². The van der Waals surface area contributed by atoms with Gasteiger partial charge in [-0.2, -0.15) is 0 Å². The smallest absolute Gasteiger partial charge is 0.362 e. The van der Waals surface area contributed by atoms with Crippen LogP contribution in [0.15, 0.2) is 73.2 Å². The Morgan fingerprint density at radius 2 is 1.24 bits per heavy atom. The van der Waals surface area contributed by atoms with Crippen LogP contribution in [0.25, 0.3) is 34.4 Å². The van der Waals surface area contributed by atoms with E-state index in [0.29, 0.717) is 5.31 Å². The molecule has 4 aromatic heterocycles. The predicted molar refractivity (Wildman–Crippen MR) is 205 cm³/mol. The average Bonchev–Trinajstić information content (AvgIpc) is 4.05. The molecule has 0 unspecified atom stereocenters. The summed E-state index contributed by atoms with van der Waals surface area (Å²) in [7, 11) is -9.10. The maximum absolute atomic E-state index is 13.6. The van der Waals surface area contributed by atoms with Crippen molar-refractivity contribution in [3.05, 3.63) is 88.2 Å². The van der Waals surface area contributed by atoms with Crippen LogP contribution >= 0.6 is 31.9 Å². The molecule has 2 fully saturated rings. The third kappa shape index (κ3) is 10.2. The summed E-state index contributed by atoms with van der Waals surface area (Å²) < 4.78 is 163. The van der Waals surface area contributed by atoms with Crippen LogP contribution in [-0.2, 0) is 19.7 Å². The van der Waals surface area contributed by atoms with Crippen LogP contribution < -0.4 is 16.8 Å². The third-order valence-electron chi connectivity index (χ3n) is 7.64. The lowest BCUT2D eigenvalue weighted by Crippen LogP contribution is -2.32. The van der Waals surface area contributed by atoms with Crippen molar-refractivity contribution in [2.75, 3.05) is 28.1 Å². The van der Waals surface area contributed by atoms with Gasteiger partial charge in [-0.15, -0.1) is 4.63 Å². The molecule has 22 nitrogen and oxygen atoms in total. The zero-order valence-corrected chi connectivity index (χ0v) is 34.0. The second-order valence-electron chi connectivity index (χ2n) is 11.8. The number of nitrogens with one attached hydrogen (secondary N) is 1. The molecule has 0 aliphatic carbocycles. The molecule has 2 aliphatic rings. The van der Waals surface area contributed by atoms with E-state index in [1.54, 1.807) is 6.92 Å². The number of sulfone groups is 2. The van der Waals surface area contributed by atoms with Gasteiger partial charge in [0.15, 0.2) is 12.3 Å². The van der Waals surface area contributed by atoms with E-state index in [0.717, 1.165) is 21.3 Å². The summed E-state index contributed by atoms with van der Waals surface area (Å²) in [6, 6.07) is 5.93. The largest absolute Gasteiger partial charge is 0.446 e. The standard InChI is InChI=1S/C15H13BrFN5O5S.C10H3BrFN5O5.C6H12O2S/c16-10-7-9(1-2-11(10)17)22-14(21-26-15(22)23)12-13(20-27-19-12)18-8-3-5-28(24,25)6-4-8;11-5-3-4(1-2-6(5)12)16-8(14-21-10(16)18)7-9(17(19)20)15-22-13-7;1-6-2-4-9(7,8)5-3-6/h1-2,7-8H,3-6H2,(H,18,20);1-3H;6H,2-5H2,1H3/i5D2,6D2;;4D2,5D2/hD. The van der Waals surface area contributed by atoms with E-state index < -0.39 is 107 Å². The fourth-order valence-electron chi connectivity index (χ4n) is 4.78. The number of anilines is 1. The van der Waals surface area contributed by atoms with Crippen molar-refractivity contribution in [2.24, 2.45) is 5.92 Å². The van der Waals surface area contributed by atoms with E-state index in [9.17, 15) is 45.3 Å². The Labute approximate surface area is 358 Å². The Balaban J connectivity index is 0.000000186. The van der Waals surface area contributed by atoms with E-state index in [1.807, 2.05) is 0 Å². The van der Waals surface area contributed by atoms with Crippen molar-refractivity contribution in [2.45, 2.75) is 38.6 Å². The molecule has 0 spiro atoms. The summed E-state index contributed by atoms with van der Waals surface area (Å²) in [4.78, 5) is 34.1. The lowest BCUT2D eigenvalue weighted by molar-refractivity contribution is -0.390. The first-order valence-electron chi connectivity index (χ1n) is 20.5. The highest BCUT2D eigenvalue weighted by Crippen LogP contribution is 2.29. The minimum absolute atomic E-state index is 0.0348. The molecule has 0 saturated carbocycles. The van der Waals surface area contributed by atoms with Crippen molar-refractivity contribution in [1.82, 2.24) is 40.1 Å². The van der Waals surface area contributed by atoms with Crippen LogP contribution in [0.4, 0.5) is 20.4 Å². The van der Waals surface area contributed by atoms with Crippen molar-refractivity contribution >= 4 is 63.2 Å². The molecule has 0 atom stereocenters. The monoisotopic (exact) mass is 1000 g/mol. The average molecular weight is 1000 g/mol. The first-order valence-corrected chi connectivity index (χ1v) is 20.6. The summed E-state index contributed by atoms with van der Waals surface area (Å²) in [5.74, 6) is -5.02. The predicted octanol–water partition coefficient (Wildman–Crippen LogP) is 4.28. The number of hydrogen-bond acceptors (Lipinski definition) is 19. The zero-order valence-electron chi connectivity index (χ0n) is 38.1. The molecule has 6 aromatic rings. The fraction of sp³-hybridized carbons (Fsp3) is 0.355. The van der Waals surface area contributed by atoms with E-state index in [2.05, 4.69) is 81.1 Å². The Morgan fingerprint density at radius 1 is 0.780 bits per heavy atom. The van der Waals surface area contributed by atoms with Gasteiger partial charge in [-0.1, -0.05) is 17.2 Å². The summed E-state index contributed by atoms with van der Waals surface area (Å²) in [5, 5.41) is 32.1. The molecule has 8 rings (SSSR count). The van der Waals surface area contributed by atoms with Gasteiger partial charge >= 0.3 is 17.3 Å². The number of aromatic nitrogens is 8. The topological polar surface area (TPSA) is 297 Å². The highest BCUT2D eigenvalue weighted by Gasteiger charge is 2.31. The molecular formula is C31H28Br2F2N10O12S2. The van der Waals surface area contributed by atoms with Crippen LogP contribution in [0.5, 0.6) is 0 Å². The van der Waals surface area contributed by atoms with E-state index in [1.165, 1.54) is 24.3 Å². The Kier molecular flexibility index (Phi) is 9.76. The molecule has 28 heteroatoms. The summed E-state index contributed by atoms with van der Waals surface area (Å²) in [5.41, 5.74) is -11.2. The second kappa shape index (κ2) is 17.8. The van der Waals surface area contributed by atoms with Crippen molar-refractivity contribution in [3.63, 3.8) is 0 Å². The molecule has 0 bridgehead atoms. The molecule has 2 aliphatic heterocycles. The van der Waals surface area contributed by atoms with E-state index in [4.69, 9.17) is 12.4 Å². The van der Waals surface area contributed by atoms with E-state index >= 15 is 0 Å². The molecule has 314 valence electrons. The Bertz CT molecular complexity index is 3210. The lowest BCUT2D eigenvalue weighted by atomic mass is 10.1. The third-order valence-corrected chi connectivity index (χ3v) is 11.0. The quantitative estimate of drug-likeness (QED) is 0.172. The van der Waals surface area contributed by atoms with Crippen LogP contribution in [0.2, 0.25) is 1.41 Å². The van der Waals surface area contributed by atoms with Gasteiger partial charge in [0.05, 0.1) is 43.1 Å². The van der Waals surface area contributed by atoms with Crippen molar-refractivity contribution in [3.8, 4) is 34.4 Å². The summed E-state index contributed by atoms with van der Waals surface area (Å²) >= 11 is 5.97. The van der Waals surface area contributed by atoms with Crippen LogP contribution in [-0.4, -0.2) is 90.7 Å². The molecule has 2 aromatic carbocycles. The maximum atomic E-state index is 13.6. The fourth-order valence-corrected chi connectivity index (χ4v) is 7.55. The first-order chi connectivity index (χ1) is 31.4. The van der Waals surface area contributed by atoms with E-state index in [-0.39, 0.29) is 56.4 Å². The molecule has 0 radical (unpaired) electrons. The van der Waals surface area contributed by atoms with Gasteiger partial charge in [0.1, 0.15) is 31.3 Å². The molecule has 0 amide bonds. The highest BCUT2D eigenvalue weighted by atomic mass is 79.9. The van der Waals surface area contributed by atoms with Crippen molar-refractivity contribution < 1.29 is 61.2 Å². The second-order valence-corrected chi connectivity index (χ2v) is 16.7. The maximum Gasteiger partial charge on any atom is 0.446 e. The Hall–Kier alpha value is -5.48. The molecular weight excluding hydrogens is 966 g/mol. The SMILES string of the molecule is O=c1onc(-c2nonc2[N+](=O)[O-])n1-c1ccc(F)c(Br)c1.[2H]C1([2H])CC(C)CC([2H])([2H])S1(=O)=O.[2H]N(c1nonc1-c1noc(=O)n1-c1ccc(F)c(Br)c1)C1CC([2H])([2H])S(=O)(=O)C([2H])([2H])C1. The minimum atomic E-state index is -4.79.